The third-order valence-electron chi connectivity index (χ3n) is 0. The van der Waals surface area contributed by atoms with Crippen LogP contribution >= 0.6 is 0 Å². The van der Waals surface area contributed by atoms with Crippen LogP contribution in [0.25, 0.3) is 0 Å². The van der Waals surface area contributed by atoms with Gasteiger partial charge in [0.1, 0.15) is 0 Å². The van der Waals surface area contributed by atoms with Crippen LogP contribution < -0.4 is 37.2 Å². The number of hydrogen-bond donors (Lipinski definition) is 0. The quantitative estimate of drug-likeness (QED) is 0.425. The first-order chi connectivity index (χ1) is 0. The SMILES string of the molecule is O.[Cl-].[Cl-].[Cl-].[Os]. The van der Waals surface area contributed by atoms with E-state index >= 15 is 0 Å². The molecule has 0 fully saturated rings. The average Bonchev–Trinajstić information content (AvgIpc) is 0. The van der Waals surface area contributed by atoms with Crippen molar-refractivity contribution in [3.63, 3.8) is 0 Å². The van der Waals surface area contributed by atoms with Gasteiger partial charge in [-0.15, -0.1) is 0 Å². The van der Waals surface area contributed by atoms with Gasteiger partial charge in [0.15, 0.2) is 0 Å². The van der Waals surface area contributed by atoms with Crippen LogP contribution in [0.5, 0.6) is 0 Å². The molecule has 0 atom stereocenters. The Morgan fingerprint density at radius 2 is 0.600 bits per heavy atom. The van der Waals surface area contributed by atoms with Crippen molar-refractivity contribution < 1.29 is 62.5 Å². The maximum atomic E-state index is 0. The van der Waals surface area contributed by atoms with Crippen LogP contribution in [0.3, 0.4) is 0 Å². The van der Waals surface area contributed by atoms with E-state index in [-0.39, 0.29) is 62.5 Å². The Kier molecular flexibility index (Phi) is 911. The molecule has 0 aliphatic rings. The summed E-state index contributed by atoms with van der Waals surface area (Å²) in [5.74, 6) is 0. The van der Waals surface area contributed by atoms with Crippen LogP contribution in [0.2, 0.25) is 0 Å². The minimum Gasteiger partial charge on any atom is -1.00 e. The van der Waals surface area contributed by atoms with Gasteiger partial charge in [0.05, 0.1) is 0 Å². The molecule has 0 spiro atoms. The van der Waals surface area contributed by atoms with E-state index in [0.29, 0.717) is 0 Å². The Bertz CT molecular complexity index is 6.85. The van der Waals surface area contributed by atoms with Gasteiger partial charge in [0.2, 0.25) is 0 Å². The first kappa shape index (κ1) is 89.9. The summed E-state index contributed by atoms with van der Waals surface area (Å²) in [6, 6.07) is 0. The molecule has 1 nitrogen and oxygen atoms in total. The monoisotopic (exact) mass is 315 g/mol. The molecule has 0 aliphatic heterocycles. The van der Waals surface area contributed by atoms with Crippen molar-refractivity contribution >= 4 is 0 Å². The molecule has 40 valence electrons. The van der Waals surface area contributed by atoms with Crippen LogP contribution in [0.4, 0.5) is 0 Å². The largest absolute Gasteiger partial charge is 1.00 e. The molecule has 0 saturated carbocycles. The summed E-state index contributed by atoms with van der Waals surface area (Å²) in [6.07, 6.45) is 0. The smallest absolute Gasteiger partial charge is 0 e. The summed E-state index contributed by atoms with van der Waals surface area (Å²) < 4.78 is 0. The maximum absolute atomic E-state index is 0. The number of rotatable bonds is 0. The average molecular weight is 315 g/mol. The zero-order valence-electron chi connectivity index (χ0n) is 1.99. The third kappa shape index (κ3) is 30.5. The van der Waals surface area contributed by atoms with Crippen LogP contribution in [0.15, 0.2) is 0 Å². The van der Waals surface area contributed by atoms with Gasteiger partial charge in [0, 0.05) is 19.8 Å². The van der Waals surface area contributed by atoms with Crippen LogP contribution in [-0.4, -0.2) is 5.48 Å². The van der Waals surface area contributed by atoms with E-state index < -0.39 is 0 Å². The van der Waals surface area contributed by atoms with E-state index in [1.165, 1.54) is 0 Å². The second-order valence-electron chi connectivity index (χ2n) is 0. The minimum absolute atomic E-state index is 0. The predicted molar refractivity (Wildman–Crippen MR) is 3.61 cm³/mol. The Balaban J connectivity index is 0. The molecule has 5 heteroatoms. The first-order valence-electron chi connectivity index (χ1n) is 0. The van der Waals surface area contributed by atoms with E-state index in [9.17, 15) is 0 Å². The van der Waals surface area contributed by atoms with Crippen molar-refractivity contribution in [3.05, 3.63) is 0 Å². The fourth-order valence-electron chi connectivity index (χ4n) is 0. The van der Waals surface area contributed by atoms with Gasteiger partial charge in [-0.25, -0.2) is 0 Å². The Hall–Kier alpha value is 1.47. The molecule has 0 heterocycles. The molecule has 5 heavy (non-hydrogen) atoms. The molecular formula is H2Cl3OOs-3. The van der Waals surface area contributed by atoms with E-state index in [2.05, 4.69) is 0 Å². The normalized spacial score (nSPS) is 0. The summed E-state index contributed by atoms with van der Waals surface area (Å²) in [4.78, 5) is 0. The summed E-state index contributed by atoms with van der Waals surface area (Å²) in [5, 5.41) is 0. The summed E-state index contributed by atoms with van der Waals surface area (Å²) in [7, 11) is 0. The molecule has 0 saturated heterocycles. The zero-order chi connectivity index (χ0) is 0. The van der Waals surface area contributed by atoms with Gasteiger partial charge in [-0.3, -0.25) is 0 Å². The molecular weight excluding hydrogens is 313 g/mol. The van der Waals surface area contributed by atoms with Gasteiger partial charge in [-0.2, -0.15) is 0 Å². The fourth-order valence-corrected chi connectivity index (χ4v) is 0. The Labute approximate surface area is 62.5 Å². The predicted octanol–water partition coefficient (Wildman–Crippen LogP) is -9.82. The molecule has 0 unspecified atom stereocenters. The molecule has 0 bridgehead atoms. The van der Waals surface area contributed by atoms with Crippen molar-refractivity contribution in [2.75, 3.05) is 0 Å². The van der Waals surface area contributed by atoms with Crippen molar-refractivity contribution in [3.8, 4) is 0 Å². The maximum Gasteiger partial charge on any atom is 0 e. The minimum atomic E-state index is 0. The second kappa shape index (κ2) is 50.7. The molecule has 2 N–H and O–H groups in total. The summed E-state index contributed by atoms with van der Waals surface area (Å²) in [6.45, 7) is 0. The van der Waals surface area contributed by atoms with Gasteiger partial charge in [-0.1, -0.05) is 0 Å². The second-order valence-corrected chi connectivity index (χ2v) is 0. The van der Waals surface area contributed by atoms with Crippen LogP contribution in [0.1, 0.15) is 0 Å². The van der Waals surface area contributed by atoms with E-state index in [4.69, 9.17) is 0 Å². The summed E-state index contributed by atoms with van der Waals surface area (Å²) in [5.41, 5.74) is 0. The molecule has 0 aliphatic carbocycles. The first-order valence-corrected chi connectivity index (χ1v) is 0. The van der Waals surface area contributed by atoms with Gasteiger partial charge >= 0.3 is 0 Å². The van der Waals surface area contributed by atoms with Crippen molar-refractivity contribution in [2.24, 2.45) is 0 Å². The van der Waals surface area contributed by atoms with Crippen LogP contribution in [0, 0.1) is 0 Å². The summed E-state index contributed by atoms with van der Waals surface area (Å²) >= 11 is 0. The Morgan fingerprint density at radius 3 is 0.600 bits per heavy atom. The van der Waals surface area contributed by atoms with E-state index in [1.54, 1.807) is 0 Å². The number of hydrogen-bond acceptors (Lipinski definition) is 0. The topological polar surface area (TPSA) is 31.5 Å². The fraction of sp³-hybridized carbons (Fsp3) is 0. The van der Waals surface area contributed by atoms with Crippen LogP contribution in [-0.2, 0) is 19.8 Å². The molecule has 0 aromatic carbocycles. The number of halogens is 3. The molecule has 0 radical (unpaired) electrons. The molecule has 0 rings (SSSR count). The van der Waals surface area contributed by atoms with Gasteiger partial charge < -0.3 is 42.7 Å². The van der Waals surface area contributed by atoms with Crippen molar-refractivity contribution in [1.82, 2.24) is 0 Å². The van der Waals surface area contributed by atoms with E-state index in [1.807, 2.05) is 0 Å². The van der Waals surface area contributed by atoms with Crippen molar-refractivity contribution in [1.29, 1.82) is 0 Å². The standard InChI is InChI=1S/3ClH.H2O.Os/h3*1H;1H2;/p-3. The molecule has 0 aromatic rings. The van der Waals surface area contributed by atoms with Gasteiger partial charge in [0.25, 0.3) is 0 Å². The molecule has 0 amide bonds. The van der Waals surface area contributed by atoms with Crippen molar-refractivity contribution in [2.45, 2.75) is 0 Å². The zero-order valence-corrected chi connectivity index (χ0v) is 6.80. The Morgan fingerprint density at radius 1 is 0.600 bits per heavy atom. The van der Waals surface area contributed by atoms with E-state index in [0.717, 1.165) is 0 Å². The van der Waals surface area contributed by atoms with Gasteiger partial charge in [-0.05, 0) is 0 Å². The third-order valence-corrected chi connectivity index (χ3v) is 0. The molecule has 0 aromatic heterocycles.